The number of nitrogens with one attached hydrogen (secondary N) is 4. The molecule has 3 fully saturated rings. The van der Waals surface area contributed by atoms with Crippen molar-refractivity contribution in [2.45, 2.75) is 89.7 Å². The van der Waals surface area contributed by atoms with Crippen LogP contribution in [0.4, 0.5) is 65.0 Å². The fraction of sp³-hybridized carbons (Fsp3) is 0.509. The fourth-order valence-electron chi connectivity index (χ4n) is 9.68. The zero-order chi connectivity index (χ0) is 59.4. The molecule has 5 N–H and O–H groups in total. The van der Waals surface area contributed by atoms with Crippen LogP contribution in [0.2, 0.25) is 0 Å². The van der Waals surface area contributed by atoms with Gasteiger partial charge in [0.25, 0.3) is 5.91 Å². The van der Waals surface area contributed by atoms with Gasteiger partial charge >= 0.3 is 31.1 Å². The van der Waals surface area contributed by atoms with E-state index >= 15 is 8.78 Å². The summed E-state index contributed by atoms with van der Waals surface area (Å²) in [6, 6.07) is 4.30. The predicted molar refractivity (Wildman–Crippen MR) is 271 cm³/mol. The Morgan fingerprint density at radius 1 is 0.765 bits per heavy atom. The van der Waals surface area contributed by atoms with Crippen LogP contribution < -0.4 is 31.3 Å². The minimum absolute atomic E-state index is 0.158. The van der Waals surface area contributed by atoms with E-state index in [9.17, 15) is 59.4 Å². The first-order valence-corrected chi connectivity index (χ1v) is 25.3. The lowest BCUT2D eigenvalue weighted by Crippen LogP contribution is -2.64. The summed E-state index contributed by atoms with van der Waals surface area (Å²) in [5.41, 5.74) is -5.09. The van der Waals surface area contributed by atoms with Crippen LogP contribution in [-0.2, 0) is 30.2 Å². The quantitative estimate of drug-likeness (QED) is 0.0399. The number of ether oxygens (including phenoxy) is 3. The molecule has 4 amide bonds. The number of halogens is 10. The number of carbonyl (C=O) groups excluding carboxylic acids is 4. The Morgan fingerprint density at radius 3 is 1.79 bits per heavy atom. The molecule has 2 bridgehead atoms. The van der Waals surface area contributed by atoms with Crippen molar-refractivity contribution in [3.63, 3.8) is 0 Å². The Kier molecular flexibility index (Phi) is 18.7. The molecule has 3 aliphatic heterocycles. The minimum atomic E-state index is -5.28. The van der Waals surface area contributed by atoms with Gasteiger partial charge in [0.15, 0.2) is 11.6 Å². The zero-order valence-electron chi connectivity index (χ0n) is 44.6. The molecule has 81 heavy (non-hydrogen) atoms. The zero-order valence-corrected chi connectivity index (χ0v) is 44.6. The first-order valence-electron chi connectivity index (χ1n) is 25.3. The van der Waals surface area contributed by atoms with Crippen LogP contribution >= 0.6 is 0 Å². The lowest BCUT2D eigenvalue weighted by Gasteiger charge is -2.50. The fourth-order valence-corrected chi connectivity index (χ4v) is 9.68. The summed E-state index contributed by atoms with van der Waals surface area (Å²) in [5.74, 6) is 1.19. The summed E-state index contributed by atoms with van der Waals surface area (Å²) in [7, 11) is 1.57. The van der Waals surface area contributed by atoms with Crippen molar-refractivity contribution in [2.75, 3.05) is 70.1 Å². The first kappa shape index (κ1) is 61.2. The Morgan fingerprint density at radius 2 is 1.31 bits per heavy atom. The summed E-state index contributed by atoms with van der Waals surface area (Å²) < 4.78 is 161. The number of aliphatic hydroxyl groups excluding tert-OH is 1. The van der Waals surface area contributed by atoms with Gasteiger partial charge in [0.1, 0.15) is 23.6 Å². The molecule has 0 radical (unpaired) electrons. The number of carbonyl (C=O) groups is 4. The molecular weight excluding hydrogens is 1090 g/mol. The van der Waals surface area contributed by atoms with Gasteiger partial charge in [0, 0.05) is 55.3 Å². The second-order valence-corrected chi connectivity index (χ2v) is 21.2. The molecule has 28 heteroatoms. The molecule has 440 valence electrons. The number of anilines is 2. The van der Waals surface area contributed by atoms with Crippen LogP contribution in [0.1, 0.15) is 57.4 Å². The average Bonchev–Trinajstić information content (AvgIpc) is 3.98. The van der Waals surface area contributed by atoms with Crippen LogP contribution in [0, 0.1) is 46.1 Å². The molecular formula is C53H60F10N10O8. The molecule has 2 aromatic heterocycles. The van der Waals surface area contributed by atoms with Crippen molar-refractivity contribution in [2.24, 2.45) is 22.7 Å². The van der Waals surface area contributed by atoms with Gasteiger partial charge < -0.3 is 40.2 Å². The minimum Gasteiger partial charge on any atom is -0.453 e. The molecule has 3 unspecified atom stereocenters. The van der Waals surface area contributed by atoms with E-state index < -0.39 is 114 Å². The number of alkyl carbamates (subject to hydrolysis) is 2. The maximum Gasteiger partial charge on any atom is 0.407 e. The van der Waals surface area contributed by atoms with Crippen molar-refractivity contribution < 1.29 is 82.4 Å². The van der Waals surface area contributed by atoms with Gasteiger partial charge in [-0.3, -0.25) is 24.9 Å². The number of aliphatic hydroxyl groups is 1. The highest BCUT2D eigenvalue weighted by Gasteiger charge is 2.57. The lowest BCUT2D eigenvalue weighted by molar-refractivity contribution is -0.221. The summed E-state index contributed by atoms with van der Waals surface area (Å²) in [6.07, 6.45) is -12.0. The Bertz CT molecular complexity index is 2910. The number of rotatable bonds is 18. The number of nitrogens with zero attached hydrogens (tertiary/aromatic N) is 6. The van der Waals surface area contributed by atoms with E-state index in [1.165, 1.54) is 24.3 Å². The van der Waals surface area contributed by atoms with E-state index in [0.717, 1.165) is 78.2 Å². The molecule has 3 saturated heterocycles. The third-order valence-corrected chi connectivity index (χ3v) is 14.7. The van der Waals surface area contributed by atoms with Crippen LogP contribution in [0.25, 0.3) is 11.1 Å². The highest BCUT2D eigenvalue weighted by atomic mass is 19.4. The number of amides is 4. The number of piperidine rings is 2. The van der Waals surface area contributed by atoms with Gasteiger partial charge in [0.05, 0.1) is 69.2 Å². The number of pyridine rings is 1. The SMILES string of the molecule is COC(=O)NC(C(=O)N[C@@H](Cc1ccc(C#Cc2ccc(N3CC4CC(C3)CN(C3COC3)C4)nc2)cc1)[C@@H](O)CN(NC(=O)[C@@H](NC(=O)OC)C(C)(C)C(F)(F)F)c1c(F)cc(-c2cnn(C(F)F)c2)cc1F)C(C)(C)C(F)(F)F. The largest absolute Gasteiger partial charge is 0.453 e. The number of hydrogen-bond acceptors (Lipinski definition) is 13. The summed E-state index contributed by atoms with van der Waals surface area (Å²) >= 11 is 0. The van der Waals surface area contributed by atoms with Gasteiger partial charge in [-0.25, -0.2) is 28.0 Å². The number of fused-ring (bicyclic) bond motifs is 2. The molecule has 3 aliphatic rings. The monoisotopic (exact) mass is 1150 g/mol. The second kappa shape index (κ2) is 24.8. The van der Waals surface area contributed by atoms with Crippen molar-refractivity contribution in [1.29, 1.82) is 0 Å². The molecule has 6 atom stereocenters. The van der Waals surface area contributed by atoms with Crippen LogP contribution in [0.3, 0.4) is 0 Å². The van der Waals surface area contributed by atoms with Crippen LogP contribution in [0.5, 0.6) is 0 Å². The Labute approximate surface area is 458 Å². The van der Waals surface area contributed by atoms with E-state index in [0.29, 0.717) is 68.8 Å². The van der Waals surface area contributed by atoms with Crippen molar-refractivity contribution in [1.82, 2.24) is 41.0 Å². The number of hydrogen-bond donors (Lipinski definition) is 5. The van der Waals surface area contributed by atoms with E-state index in [1.54, 1.807) is 11.5 Å². The Hall–Kier alpha value is -7.38. The highest BCUT2D eigenvalue weighted by Crippen LogP contribution is 2.42. The van der Waals surface area contributed by atoms with E-state index in [2.05, 4.69) is 46.5 Å². The maximum atomic E-state index is 16.4. The van der Waals surface area contributed by atoms with Crippen molar-refractivity contribution in [3.05, 3.63) is 95.4 Å². The highest BCUT2D eigenvalue weighted by molar-refractivity contribution is 5.88. The van der Waals surface area contributed by atoms with Gasteiger partial charge in [-0.1, -0.05) is 24.0 Å². The third-order valence-electron chi connectivity index (χ3n) is 14.7. The van der Waals surface area contributed by atoms with Gasteiger partial charge in [0.2, 0.25) is 5.91 Å². The number of benzene rings is 2. The first-order chi connectivity index (χ1) is 38.0. The maximum absolute atomic E-state index is 16.4. The molecule has 0 spiro atoms. The number of alkyl halides is 8. The molecule has 0 aliphatic carbocycles. The average molecular weight is 1160 g/mol. The number of hydrazine groups is 1. The number of methoxy groups -OCH3 is 2. The number of likely N-dealkylation sites (tertiary alicyclic amines) is 1. The topological polar surface area (TPSA) is 205 Å². The third kappa shape index (κ3) is 14.4. The van der Waals surface area contributed by atoms with E-state index in [4.69, 9.17) is 4.74 Å². The predicted octanol–water partition coefficient (Wildman–Crippen LogP) is 6.73. The van der Waals surface area contributed by atoms with Gasteiger partial charge in [-0.15, -0.1) is 0 Å². The molecule has 4 aromatic rings. The van der Waals surface area contributed by atoms with Crippen molar-refractivity contribution in [3.8, 4) is 23.0 Å². The summed E-state index contributed by atoms with van der Waals surface area (Å²) in [4.78, 5) is 62.4. The van der Waals surface area contributed by atoms with E-state index in [1.807, 2.05) is 22.9 Å². The van der Waals surface area contributed by atoms with Crippen LogP contribution in [-0.4, -0.2) is 152 Å². The van der Waals surface area contributed by atoms with E-state index in [-0.39, 0.29) is 20.8 Å². The van der Waals surface area contributed by atoms with Gasteiger partial charge in [-0.2, -0.15) is 40.2 Å². The molecule has 5 heterocycles. The molecule has 2 aromatic carbocycles. The summed E-state index contributed by atoms with van der Waals surface area (Å²) in [6.45, 7) is 2.95. The lowest BCUT2D eigenvalue weighted by atomic mass is 9.82. The summed E-state index contributed by atoms with van der Waals surface area (Å²) in [5, 5.41) is 21.5. The molecule has 18 nitrogen and oxygen atoms in total. The Balaban J connectivity index is 1.19. The normalized spacial score (nSPS) is 18.5. The number of aromatic nitrogens is 3. The molecule has 7 rings (SSSR count). The smallest absolute Gasteiger partial charge is 0.407 e. The standard InChI is InChI=1S/C53H60F10N10O8/c1-50(2,52(58,59)60)43(67-48(77)79-5)45(75)66-39(16-30-10-7-29(8-11-30)9-12-31-13-14-41(64-19-31)71-23-32-15-33(24-71)22-70(21-32)36-27-81-28-36)40(74)26-72(69-46(76)44(68-49(78)80-6)51(3,4)53(61,62)63)42-37(54)17-34(18-38(42)55)35-20-65-73(25-35)47(56)57/h7-8,10-11,13-14,17-20,25,32-33,36,39-40,43-44,47,74H,15-16,21-24,26-28H2,1-6H3,(H,66,75)(H,67,77)(H,68,78)(H,69,76)/t32?,33?,39-,40-,43?,44+/m0/s1. The second-order valence-electron chi connectivity index (χ2n) is 21.2. The van der Waals surface area contributed by atoms with Gasteiger partial charge in [-0.05, 0) is 99.9 Å². The van der Waals surface area contributed by atoms with Crippen LogP contribution in [0.15, 0.2) is 67.1 Å². The van der Waals surface area contributed by atoms with Crippen molar-refractivity contribution >= 4 is 35.5 Å². The molecule has 0 saturated carbocycles.